The molecule has 0 amide bonds. The Morgan fingerprint density at radius 1 is 1.24 bits per heavy atom. The molecule has 0 aromatic carbocycles. The van der Waals surface area contributed by atoms with Crippen molar-refractivity contribution in [3.8, 4) is 0 Å². The molecule has 3 aliphatic rings. The molecule has 0 radical (unpaired) electrons. The third-order valence-electron chi connectivity index (χ3n) is 5.87. The lowest BCUT2D eigenvalue weighted by Gasteiger charge is -2.44. The van der Waals surface area contributed by atoms with Crippen LogP contribution in [0.15, 0.2) is 0 Å². The first-order valence-electron chi connectivity index (χ1n) is 7.29. The molecule has 17 heavy (non-hydrogen) atoms. The van der Waals surface area contributed by atoms with Crippen LogP contribution in [0.2, 0.25) is 0 Å². The van der Waals surface area contributed by atoms with Gasteiger partial charge >= 0.3 is 0 Å². The number of rotatable bonds is 2. The molecular formula is C15H27NS. The van der Waals surface area contributed by atoms with Crippen LogP contribution in [0.4, 0.5) is 0 Å². The molecule has 98 valence electrons. The van der Waals surface area contributed by atoms with Crippen LogP contribution in [0.3, 0.4) is 0 Å². The van der Waals surface area contributed by atoms with Crippen LogP contribution in [-0.2, 0) is 0 Å². The van der Waals surface area contributed by atoms with Crippen molar-refractivity contribution in [3.63, 3.8) is 0 Å². The van der Waals surface area contributed by atoms with Crippen molar-refractivity contribution in [1.29, 1.82) is 0 Å². The first kappa shape index (κ1) is 12.3. The van der Waals surface area contributed by atoms with Crippen LogP contribution in [-0.4, -0.2) is 23.1 Å². The van der Waals surface area contributed by atoms with Crippen LogP contribution >= 0.6 is 11.8 Å². The molecule has 1 saturated heterocycles. The summed E-state index contributed by atoms with van der Waals surface area (Å²) in [5.41, 5.74) is 1.11. The van der Waals surface area contributed by atoms with Gasteiger partial charge in [-0.3, -0.25) is 0 Å². The normalized spacial score (nSPS) is 52.2. The van der Waals surface area contributed by atoms with E-state index in [1.54, 1.807) is 0 Å². The fourth-order valence-corrected chi connectivity index (χ4v) is 6.05. The van der Waals surface area contributed by atoms with E-state index in [-0.39, 0.29) is 0 Å². The maximum absolute atomic E-state index is 4.05. The van der Waals surface area contributed by atoms with Crippen LogP contribution < -0.4 is 5.32 Å². The number of thioether (sulfide) groups is 1. The summed E-state index contributed by atoms with van der Waals surface area (Å²) in [7, 11) is 0. The molecule has 5 atom stereocenters. The molecular weight excluding hydrogens is 226 g/mol. The van der Waals surface area contributed by atoms with Gasteiger partial charge in [0.25, 0.3) is 0 Å². The third kappa shape index (κ3) is 1.87. The molecule has 1 nitrogen and oxygen atoms in total. The van der Waals surface area contributed by atoms with Gasteiger partial charge in [-0.05, 0) is 42.4 Å². The second-order valence-electron chi connectivity index (χ2n) is 7.59. The minimum atomic E-state index is 0.517. The van der Waals surface area contributed by atoms with Crippen LogP contribution in [0.25, 0.3) is 0 Å². The van der Waals surface area contributed by atoms with E-state index in [2.05, 4.69) is 44.8 Å². The highest BCUT2D eigenvalue weighted by atomic mass is 32.2. The predicted octanol–water partition coefficient (Wildman–Crippen LogP) is 3.68. The summed E-state index contributed by atoms with van der Waals surface area (Å²) in [6.07, 6.45) is 5.76. The fourth-order valence-electron chi connectivity index (χ4n) is 4.89. The zero-order valence-corrected chi connectivity index (χ0v) is 12.6. The van der Waals surface area contributed by atoms with Crippen molar-refractivity contribution in [2.45, 2.75) is 70.7 Å². The standard InChI is InChI=1S/C15H27NS/c1-10-7-12(9-17-10)16-13-14(2,3)11-5-6-15(13,4)8-11/h10-13,16H,5-9H2,1-4H3. The highest BCUT2D eigenvalue weighted by Gasteiger charge is 2.59. The number of hydrogen-bond acceptors (Lipinski definition) is 2. The van der Waals surface area contributed by atoms with Crippen LogP contribution in [0.5, 0.6) is 0 Å². The largest absolute Gasteiger partial charge is 0.309 e. The Bertz CT molecular complexity index is 309. The molecule has 3 rings (SSSR count). The van der Waals surface area contributed by atoms with Crippen LogP contribution in [0.1, 0.15) is 53.4 Å². The SMILES string of the molecule is CC1CC(NC2C3(C)CCC(C3)C2(C)C)CS1. The number of hydrogen-bond donors (Lipinski definition) is 1. The van der Waals surface area contributed by atoms with Gasteiger partial charge in [0.1, 0.15) is 0 Å². The molecule has 2 heteroatoms. The van der Waals surface area contributed by atoms with Gasteiger partial charge in [-0.15, -0.1) is 0 Å². The van der Waals surface area contributed by atoms with Gasteiger partial charge in [0.15, 0.2) is 0 Å². The van der Waals surface area contributed by atoms with E-state index in [0.29, 0.717) is 10.8 Å². The van der Waals surface area contributed by atoms with Crippen molar-refractivity contribution in [1.82, 2.24) is 5.32 Å². The van der Waals surface area contributed by atoms with Gasteiger partial charge in [-0.1, -0.05) is 27.7 Å². The van der Waals surface area contributed by atoms with Crippen molar-refractivity contribution >= 4 is 11.8 Å². The summed E-state index contributed by atoms with van der Waals surface area (Å²) >= 11 is 2.15. The zero-order valence-electron chi connectivity index (χ0n) is 11.8. The number of fused-ring (bicyclic) bond motifs is 2. The van der Waals surface area contributed by atoms with Crippen molar-refractivity contribution in [3.05, 3.63) is 0 Å². The Hall–Kier alpha value is 0.310. The van der Waals surface area contributed by atoms with E-state index >= 15 is 0 Å². The Kier molecular flexibility index (Phi) is 2.83. The van der Waals surface area contributed by atoms with E-state index in [4.69, 9.17) is 0 Å². The first-order chi connectivity index (χ1) is 7.92. The average molecular weight is 253 g/mol. The molecule has 5 unspecified atom stereocenters. The van der Waals surface area contributed by atoms with Crippen molar-refractivity contribution in [2.24, 2.45) is 16.7 Å². The zero-order chi connectivity index (χ0) is 12.3. The Balaban J connectivity index is 1.74. The van der Waals surface area contributed by atoms with Crippen molar-refractivity contribution in [2.75, 3.05) is 5.75 Å². The van der Waals surface area contributed by atoms with Gasteiger partial charge in [0.2, 0.25) is 0 Å². The molecule has 0 aromatic rings. The second-order valence-corrected chi connectivity index (χ2v) is 9.06. The Morgan fingerprint density at radius 2 is 2.00 bits per heavy atom. The van der Waals surface area contributed by atoms with Crippen molar-refractivity contribution < 1.29 is 0 Å². The highest BCUT2D eigenvalue weighted by molar-refractivity contribution is 8.00. The predicted molar refractivity (Wildman–Crippen MR) is 76.5 cm³/mol. The van der Waals surface area contributed by atoms with E-state index in [9.17, 15) is 0 Å². The summed E-state index contributed by atoms with van der Waals surface area (Å²) in [5, 5.41) is 4.91. The van der Waals surface area contributed by atoms with Gasteiger partial charge in [0.05, 0.1) is 0 Å². The maximum Gasteiger partial charge on any atom is 0.0178 e. The molecule has 3 fully saturated rings. The molecule has 1 heterocycles. The lowest BCUT2D eigenvalue weighted by molar-refractivity contribution is 0.101. The molecule has 2 saturated carbocycles. The smallest absolute Gasteiger partial charge is 0.0178 e. The molecule has 0 aromatic heterocycles. The molecule has 1 N–H and O–H groups in total. The van der Waals surface area contributed by atoms with Gasteiger partial charge in [0, 0.05) is 23.1 Å². The first-order valence-corrected chi connectivity index (χ1v) is 8.34. The van der Waals surface area contributed by atoms with E-state index in [1.165, 1.54) is 31.4 Å². The minimum absolute atomic E-state index is 0.517. The topological polar surface area (TPSA) is 12.0 Å². The fraction of sp³-hybridized carbons (Fsp3) is 1.00. The molecule has 2 aliphatic carbocycles. The van der Waals surface area contributed by atoms with E-state index in [0.717, 1.165) is 23.3 Å². The minimum Gasteiger partial charge on any atom is -0.309 e. The third-order valence-corrected chi connectivity index (χ3v) is 7.23. The Morgan fingerprint density at radius 3 is 2.53 bits per heavy atom. The van der Waals surface area contributed by atoms with Crippen LogP contribution in [0, 0.1) is 16.7 Å². The number of nitrogens with one attached hydrogen (secondary N) is 1. The molecule has 0 spiro atoms. The quantitative estimate of drug-likeness (QED) is 0.805. The highest BCUT2D eigenvalue weighted by Crippen LogP contribution is 2.62. The Labute approximate surface area is 111 Å². The second kappa shape index (κ2) is 3.90. The van der Waals surface area contributed by atoms with E-state index < -0.39 is 0 Å². The average Bonchev–Trinajstić information content (AvgIpc) is 2.85. The summed E-state index contributed by atoms with van der Waals surface area (Å²) < 4.78 is 0. The summed E-state index contributed by atoms with van der Waals surface area (Å²) in [5.74, 6) is 2.30. The maximum atomic E-state index is 4.05. The lowest BCUT2D eigenvalue weighted by Crippen LogP contribution is -2.53. The summed E-state index contributed by atoms with van der Waals surface area (Å²) in [4.78, 5) is 0. The van der Waals surface area contributed by atoms with Gasteiger partial charge in [-0.25, -0.2) is 0 Å². The lowest BCUT2D eigenvalue weighted by atomic mass is 9.68. The van der Waals surface area contributed by atoms with Gasteiger partial charge < -0.3 is 5.32 Å². The molecule has 2 bridgehead atoms. The van der Waals surface area contributed by atoms with Gasteiger partial charge in [-0.2, -0.15) is 11.8 Å². The summed E-state index contributed by atoms with van der Waals surface area (Å²) in [6, 6.07) is 1.53. The van der Waals surface area contributed by atoms with E-state index in [1.807, 2.05) is 0 Å². The monoisotopic (exact) mass is 253 g/mol. The molecule has 1 aliphatic heterocycles. The summed E-state index contributed by atoms with van der Waals surface area (Å²) in [6.45, 7) is 9.92.